The van der Waals surface area contributed by atoms with Crippen molar-refractivity contribution in [3.05, 3.63) is 18.0 Å². The van der Waals surface area contributed by atoms with Crippen molar-refractivity contribution in [3.63, 3.8) is 0 Å². The quantitative estimate of drug-likeness (QED) is 0.776. The summed E-state index contributed by atoms with van der Waals surface area (Å²) < 4.78 is 7.49. The van der Waals surface area contributed by atoms with Crippen LogP contribution < -0.4 is 5.32 Å². The van der Waals surface area contributed by atoms with E-state index in [1.165, 1.54) is 0 Å². The second kappa shape index (κ2) is 8.29. The second-order valence-corrected chi connectivity index (χ2v) is 6.06. The lowest BCUT2D eigenvalue weighted by Crippen LogP contribution is -2.45. The minimum Gasteiger partial charge on any atom is -0.373 e. The Morgan fingerprint density at radius 3 is 2.73 bits per heavy atom. The molecule has 0 unspecified atom stereocenters. The van der Waals surface area contributed by atoms with E-state index in [1.54, 1.807) is 17.1 Å². The van der Waals surface area contributed by atoms with E-state index in [-0.39, 0.29) is 5.91 Å². The van der Waals surface area contributed by atoms with E-state index in [4.69, 9.17) is 4.74 Å². The van der Waals surface area contributed by atoms with Crippen LogP contribution in [0.15, 0.2) is 12.4 Å². The number of unbranched alkanes of at least 4 members (excludes halogenated alkanes) is 1. The highest BCUT2D eigenvalue weighted by Crippen LogP contribution is 2.11. The van der Waals surface area contributed by atoms with Crippen molar-refractivity contribution in [2.45, 2.75) is 52.4 Å². The molecule has 6 nitrogen and oxygen atoms in total. The molecule has 2 atom stereocenters. The highest BCUT2D eigenvalue weighted by Gasteiger charge is 2.21. The van der Waals surface area contributed by atoms with Gasteiger partial charge in [-0.2, -0.15) is 5.10 Å². The van der Waals surface area contributed by atoms with Crippen LogP contribution in [0.3, 0.4) is 0 Å². The number of rotatable bonds is 7. The fourth-order valence-electron chi connectivity index (χ4n) is 2.89. The molecule has 1 aliphatic rings. The van der Waals surface area contributed by atoms with E-state index < -0.39 is 0 Å². The van der Waals surface area contributed by atoms with Crippen LogP contribution in [-0.4, -0.2) is 59.0 Å². The minimum atomic E-state index is -0.0340. The van der Waals surface area contributed by atoms with E-state index >= 15 is 0 Å². The molecular weight excluding hydrogens is 280 g/mol. The molecule has 6 heteroatoms. The van der Waals surface area contributed by atoms with E-state index in [9.17, 15) is 4.79 Å². The number of hydrogen-bond donors (Lipinski definition) is 1. The number of aryl methyl sites for hydroxylation is 1. The first kappa shape index (κ1) is 17.0. The Bertz CT molecular complexity index is 464. The number of ether oxygens (including phenoxy) is 1. The first-order valence-electron chi connectivity index (χ1n) is 8.27. The lowest BCUT2D eigenvalue weighted by Gasteiger charge is -2.35. The lowest BCUT2D eigenvalue weighted by molar-refractivity contribution is -0.0681. The fraction of sp³-hybridized carbons (Fsp3) is 0.750. The molecule has 1 amide bonds. The van der Waals surface area contributed by atoms with Crippen LogP contribution in [0.1, 0.15) is 44.0 Å². The zero-order valence-corrected chi connectivity index (χ0v) is 13.9. The zero-order chi connectivity index (χ0) is 15.9. The number of nitrogens with zero attached hydrogens (tertiary/aromatic N) is 3. The van der Waals surface area contributed by atoms with Gasteiger partial charge in [0.2, 0.25) is 0 Å². The number of amides is 1. The molecule has 0 aliphatic carbocycles. The number of carbonyl (C=O) groups is 1. The highest BCUT2D eigenvalue weighted by atomic mass is 16.5. The van der Waals surface area contributed by atoms with E-state index in [0.717, 1.165) is 39.0 Å². The smallest absolute Gasteiger partial charge is 0.254 e. The Labute approximate surface area is 132 Å². The zero-order valence-electron chi connectivity index (χ0n) is 13.9. The molecule has 22 heavy (non-hydrogen) atoms. The van der Waals surface area contributed by atoms with Gasteiger partial charge in [-0.25, -0.2) is 0 Å². The van der Waals surface area contributed by atoms with Crippen LogP contribution in [0, 0.1) is 0 Å². The van der Waals surface area contributed by atoms with E-state index in [0.29, 0.717) is 24.3 Å². The van der Waals surface area contributed by atoms with Gasteiger partial charge in [0.25, 0.3) is 5.91 Å². The number of morpholine rings is 1. The maximum atomic E-state index is 11.9. The summed E-state index contributed by atoms with van der Waals surface area (Å²) in [6.07, 6.45) is 6.13. The van der Waals surface area contributed by atoms with Gasteiger partial charge >= 0.3 is 0 Å². The predicted octanol–water partition coefficient (Wildman–Crippen LogP) is 1.52. The molecule has 0 aromatic carbocycles. The van der Waals surface area contributed by atoms with Crippen molar-refractivity contribution in [1.29, 1.82) is 0 Å². The molecular formula is C16H28N4O2. The lowest BCUT2D eigenvalue weighted by atomic mass is 10.2. The Morgan fingerprint density at radius 1 is 1.36 bits per heavy atom. The fourth-order valence-corrected chi connectivity index (χ4v) is 2.89. The molecule has 0 saturated carbocycles. The van der Waals surface area contributed by atoms with Crippen molar-refractivity contribution in [1.82, 2.24) is 20.0 Å². The standard InChI is InChI=1S/C16H28N4O2/c1-4-20-12-15(9-18-20)16(21)17-7-5-6-8-19-10-13(2)22-14(3)11-19/h9,12-14H,4-8,10-11H2,1-3H3,(H,17,21)/t13-,14-/m1/s1. The van der Waals surface area contributed by atoms with Crippen LogP contribution in [0.5, 0.6) is 0 Å². The van der Waals surface area contributed by atoms with Crippen LogP contribution in [0.4, 0.5) is 0 Å². The number of aromatic nitrogens is 2. The largest absolute Gasteiger partial charge is 0.373 e. The average Bonchev–Trinajstić information content (AvgIpc) is 2.94. The average molecular weight is 308 g/mol. The molecule has 0 spiro atoms. The first-order valence-corrected chi connectivity index (χ1v) is 8.27. The summed E-state index contributed by atoms with van der Waals surface area (Å²) in [5.41, 5.74) is 0.637. The molecule has 1 saturated heterocycles. The van der Waals surface area contributed by atoms with Crippen molar-refractivity contribution in [3.8, 4) is 0 Å². The molecule has 1 N–H and O–H groups in total. The third-order valence-electron chi connectivity index (χ3n) is 3.90. The van der Waals surface area contributed by atoms with Gasteiger partial charge in [-0.3, -0.25) is 14.4 Å². The van der Waals surface area contributed by atoms with Crippen molar-refractivity contribution >= 4 is 5.91 Å². The summed E-state index contributed by atoms with van der Waals surface area (Å²) >= 11 is 0. The molecule has 1 fully saturated rings. The van der Waals surface area contributed by atoms with Gasteiger partial charge < -0.3 is 10.1 Å². The van der Waals surface area contributed by atoms with Crippen LogP contribution in [0.2, 0.25) is 0 Å². The molecule has 2 heterocycles. The summed E-state index contributed by atoms with van der Waals surface area (Å²) in [6.45, 7) is 10.8. The molecule has 2 rings (SSSR count). The molecule has 0 radical (unpaired) electrons. The summed E-state index contributed by atoms with van der Waals surface area (Å²) in [7, 11) is 0. The molecule has 0 bridgehead atoms. The molecule has 124 valence electrons. The molecule has 1 aromatic rings. The second-order valence-electron chi connectivity index (χ2n) is 6.06. The third-order valence-corrected chi connectivity index (χ3v) is 3.90. The Hall–Kier alpha value is -1.40. The Kier molecular flexibility index (Phi) is 6.39. The van der Waals surface area contributed by atoms with Crippen molar-refractivity contribution in [2.24, 2.45) is 0 Å². The van der Waals surface area contributed by atoms with Gasteiger partial charge in [0.05, 0.1) is 24.0 Å². The number of nitrogens with one attached hydrogen (secondary N) is 1. The normalized spacial score (nSPS) is 22.7. The summed E-state index contributed by atoms with van der Waals surface area (Å²) in [5, 5.41) is 7.07. The SMILES string of the molecule is CCn1cc(C(=O)NCCCCN2C[C@@H](C)O[C@H](C)C2)cn1. The Morgan fingerprint density at radius 2 is 2.09 bits per heavy atom. The minimum absolute atomic E-state index is 0.0340. The molecule has 1 aromatic heterocycles. The van der Waals surface area contributed by atoms with Gasteiger partial charge in [-0.15, -0.1) is 0 Å². The third kappa shape index (κ3) is 5.10. The topological polar surface area (TPSA) is 59.4 Å². The number of carbonyl (C=O) groups excluding carboxylic acids is 1. The van der Waals surface area contributed by atoms with E-state index in [2.05, 4.69) is 29.2 Å². The van der Waals surface area contributed by atoms with Crippen molar-refractivity contribution < 1.29 is 9.53 Å². The van der Waals surface area contributed by atoms with Gasteiger partial charge in [-0.1, -0.05) is 0 Å². The first-order chi connectivity index (χ1) is 10.6. The summed E-state index contributed by atoms with van der Waals surface area (Å²) in [6, 6.07) is 0. The van der Waals surface area contributed by atoms with Gasteiger partial charge in [0, 0.05) is 32.4 Å². The summed E-state index contributed by atoms with van der Waals surface area (Å²) in [5.74, 6) is -0.0340. The molecule has 1 aliphatic heterocycles. The monoisotopic (exact) mass is 308 g/mol. The van der Waals surface area contributed by atoms with Gasteiger partial charge in [-0.05, 0) is 40.2 Å². The maximum absolute atomic E-state index is 11.9. The van der Waals surface area contributed by atoms with Crippen LogP contribution in [0.25, 0.3) is 0 Å². The number of hydrogen-bond acceptors (Lipinski definition) is 4. The van der Waals surface area contributed by atoms with Gasteiger partial charge in [0.15, 0.2) is 0 Å². The predicted molar refractivity (Wildman–Crippen MR) is 85.9 cm³/mol. The highest BCUT2D eigenvalue weighted by molar-refractivity contribution is 5.93. The van der Waals surface area contributed by atoms with Crippen LogP contribution >= 0.6 is 0 Å². The van der Waals surface area contributed by atoms with Crippen LogP contribution in [-0.2, 0) is 11.3 Å². The van der Waals surface area contributed by atoms with Gasteiger partial charge in [0.1, 0.15) is 0 Å². The van der Waals surface area contributed by atoms with Crippen molar-refractivity contribution in [2.75, 3.05) is 26.2 Å². The summed E-state index contributed by atoms with van der Waals surface area (Å²) in [4.78, 5) is 14.4. The van der Waals surface area contributed by atoms with E-state index in [1.807, 2.05) is 6.92 Å². The maximum Gasteiger partial charge on any atom is 0.254 e. The Balaban J connectivity index is 1.60.